The lowest BCUT2D eigenvalue weighted by Gasteiger charge is -2.23. The second-order valence-electron chi connectivity index (χ2n) is 6.04. The molecule has 1 rings (SSSR count). The van der Waals surface area contributed by atoms with Crippen molar-refractivity contribution in [1.82, 2.24) is 15.1 Å². The van der Waals surface area contributed by atoms with Gasteiger partial charge in [-0.1, -0.05) is 20.8 Å². The summed E-state index contributed by atoms with van der Waals surface area (Å²) in [5.41, 5.74) is 7.52. The molecule has 5 heteroatoms. The molecular formula is C13H24N4O. The van der Waals surface area contributed by atoms with Crippen LogP contribution in [-0.4, -0.2) is 28.3 Å². The minimum absolute atomic E-state index is 0.0223. The van der Waals surface area contributed by atoms with Gasteiger partial charge in [0.15, 0.2) is 0 Å². The molecule has 102 valence electrons. The van der Waals surface area contributed by atoms with Crippen LogP contribution in [0.1, 0.15) is 43.2 Å². The molecule has 3 N–H and O–H groups in total. The van der Waals surface area contributed by atoms with Crippen molar-refractivity contribution < 1.29 is 4.79 Å². The predicted octanol–water partition coefficient (Wildman–Crippen LogP) is 1.22. The molecule has 0 aliphatic heterocycles. The Morgan fingerprint density at radius 1 is 1.56 bits per heavy atom. The first-order chi connectivity index (χ1) is 8.19. The van der Waals surface area contributed by atoms with E-state index in [1.807, 2.05) is 6.92 Å². The fraction of sp³-hybridized carbons (Fsp3) is 0.692. The van der Waals surface area contributed by atoms with Gasteiger partial charge in [-0.05, 0) is 18.8 Å². The number of nitrogens with one attached hydrogen (secondary N) is 1. The predicted molar refractivity (Wildman–Crippen MR) is 72.3 cm³/mol. The second kappa shape index (κ2) is 5.52. The largest absolute Gasteiger partial charge is 0.350 e. The molecule has 18 heavy (non-hydrogen) atoms. The van der Waals surface area contributed by atoms with Crippen LogP contribution in [0.5, 0.6) is 0 Å². The number of nitrogens with two attached hydrogens (primary N) is 1. The van der Waals surface area contributed by atoms with Gasteiger partial charge < -0.3 is 11.1 Å². The summed E-state index contributed by atoms with van der Waals surface area (Å²) in [6.45, 7) is 8.73. The Bertz CT molecular complexity index is 417. The third kappa shape index (κ3) is 4.49. The SMILES string of the molecule is Cc1nn(C)cc1C(=O)NCC(N)CC(C)(C)C. The molecule has 0 saturated carbocycles. The van der Waals surface area contributed by atoms with E-state index in [-0.39, 0.29) is 17.4 Å². The lowest BCUT2D eigenvalue weighted by Crippen LogP contribution is -2.39. The summed E-state index contributed by atoms with van der Waals surface area (Å²) in [5.74, 6) is -0.107. The number of hydrogen-bond acceptors (Lipinski definition) is 3. The number of carbonyl (C=O) groups excluding carboxylic acids is 1. The molecule has 1 amide bonds. The van der Waals surface area contributed by atoms with Crippen molar-refractivity contribution in [3.05, 3.63) is 17.5 Å². The van der Waals surface area contributed by atoms with Crippen LogP contribution in [-0.2, 0) is 7.05 Å². The fourth-order valence-corrected chi connectivity index (χ4v) is 2.00. The molecule has 1 aromatic rings. The normalized spacial score (nSPS) is 13.4. The molecule has 0 aromatic carbocycles. The molecule has 1 unspecified atom stereocenters. The lowest BCUT2D eigenvalue weighted by atomic mass is 9.88. The summed E-state index contributed by atoms with van der Waals surface area (Å²) in [6, 6.07) is -0.0223. The average molecular weight is 252 g/mol. The van der Waals surface area contributed by atoms with Crippen molar-refractivity contribution in [3.63, 3.8) is 0 Å². The van der Waals surface area contributed by atoms with Gasteiger partial charge in [0.1, 0.15) is 0 Å². The molecule has 0 bridgehead atoms. The summed E-state index contributed by atoms with van der Waals surface area (Å²) < 4.78 is 1.64. The molecule has 1 aromatic heterocycles. The number of amides is 1. The zero-order chi connectivity index (χ0) is 13.9. The van der Waals surface area contributed by atoms with Crippen LogP contribution in [0.2, 0.25) is 0 Å². The molecule has 0 aliphatic carbocycles. The van der Waals surface area contributed by atoms with Gasteiger partial charge in [-0.25, -0.2) is 0 Å². The van der Waals surface area contributed by atoms with Gasteiger partial charge in [0.05, 0.1) is 11.3 Å². The standard InChI is InChI=1S/C13H24N4O/c1-9-11(8-17(5)16-9)12(18)15-7-10(14)6-13(2,3)4/h8,10H,6-7,14H2,1-5H3,(H,15,18). The smallest absolute Gasteiger partial charge is 0.254 e. The van der Waals surface area contributed by atoms with E-state index in [0.29, 0.717) is 12.1 Å². The number of carbonyl (C=O) groups is 1. The number of rotatable bonds is 4. The molecule has 0 saturated heterocycles. The van der Waals surface area contributed by atoms with Gasteiger partial charge >= 0.3 is 0 Å². The van der Waals surface area contributed by atoms with Crippen LogP contribution in [0.4, 0.5) is 0 Å². The Morgan fingerprint density at radius 3 is 2.61 bits per heavy atom. The maximum Gasteiger partial charge on any atom is 0.254 e. The van der Waals surface area contributed by atoms with Crippen LogP contribution in [0, 0.1) is 12.3 Å². The molecule has 0 aliphatic rings. The van der Waals surface area contributed by atoms with E-state index in [9.17, 15) is 4.79 Å². The van der Waals surface area contributed by atoms with Crippen molar-refractivity contribution in [2.24, 2.45) is 18.2 Å². The summed E-state index contributed by atoms with van der Waals surface area (Å²) in [6.07, 6.45) is 2.60. The number of aromatic nitrogens is 2. The number of nitrogens with zero attached hydrogens (tertiary/aromatic N) is 2. The van der Waals surface area contributed by atoms with Crippen molar-refractivity contribution in [3.8, 4) is 0 Å². The number of aryl methyl sites for hydroxylation is 2. The van der Waals surface area contributed by atoms with Crippen LogP contribution < -0.4 is 11.1 Å². The highest BCUT2D eigenvalue weighted by molar-refractivity contribution is 5.95. The minimum Gasteiger partial charge on any atom is -0.350 e. The van der Waals surface area contributed by atoms with E-state index in [4.69, 9.17) is 5.73 Å². The van der Waals surface area contributed by atoms with Crippen molar-refractivity contribution in [2.75, 3.05) is 6.54 Å². The summed E-state index contributed by atoms with van der Waals surface area (Å²) in [5, 5.41) is 7.00. The van der Waals surface area contributed by atoms with E-state index >= 15 is 0 Å². The Morgan fingerprint density at radius 2 is 2.17 bits per heavy atom. The van der Waals surface area contributed by atoms with E-state index in [1.54, 1.807) is 17.9 Å². The Hall–Kier alpha value is -1.36. The number of hydrogen-bond donors (Lipinski definition) is 2. The van der Waals surface area contributed by atoms with Crippen LogP contribution in [0.25, 0.3) is 0 Å². The first-order valence-corrected chi connectivity index (χ1v) is 6.23. The van der Waals surface area contributed by atoms with Gasteiger partial charge in [0.2, 0.25) is 0 Å². The van der Waals surface area contributed by atoms with Crippen LogP contribution in [0.3, 0.4) is 0 Å². The Labute approximate surface area is 109 Å². The zero-order valence-electron chi connectivity index (χ0n) is 11.9. The highest BCUT2D eigenvalue weighted by Crippen LogP contribution is 2.19. The average Bonchev–Trinajstić information content (AvgIpc) is 2.52. The van der Waals surface area contributed by atoms with E-state index in [0.717, 1.165) is 12.1 Å². The lowest BCUT2D eigenvalue weighted by molar-refractivity contribution is 0.0948. The van der Waals surface area contributed by atoms with Gasteiger partial charge in [-0.15, -0.1) is 0 Å². The van der Waals surface area contributed by atoms with Gasteiger partial charge in [-0.2, -0.15) is 5.10 Å². The fourth-order valence-electron chi connectivity index (χ4n) is 2.00. The first-order valence-electron chi connectivity index (χ1n) is 6.23. The quantitative estimate of drug-likeness (QED) is 0.846. The van der Waals surface area contributed by atoms with E-state index in [1.165, 1.54) is 0 Å². The van der Waals surface area contributed by atoms with Crippen LogP contribution >= 0.6 is 0 Å². The van der Waals surface area contributed by atoms with Gasteiger partial charge in [0, 0.05) is 25.8 Å². The summed E-state index contributed by atoms with van der Waals surface area (Å²) >= 11 is 0. The molecule has 1 heterocycles. The van der Waals surface area contributed by atoms with Crippen molar-refractivity contribution >= 4 is 5.91 Å². The second-order valence-corrected chi connectivity index (χ2v) is 6.04. The summed E-state index contributed by atoms with van der Waals surface area (Å²) in [4.78, 5) is 11.9. The Kier molecular flexibility index (Phi) is 4.51. The molecule has 0 spiro atoms. The summed E-state index contributed by atoms with van der Waals surface area (Å²) in [7, 11) is 1.80. The Balaban J connectivity index is 2.49. The van der Waals surface area contributed by atoms with Gasteiger partial charge in [0.25, 0.3) is 5.91 Å². The maximum absolute atomic E-state index is 11.9. The molecule has 1 atom stereocenters. The van der Waals surface area contributed by atoms with Gasteiger partial charge in [-0.3, -0.25) is 9.48 Å². The third-order valence-electron chi connectivity index (χ3n) is 2.66. The topological polar surface area (TPSA) is 72.9 Å². The monoisotopic (exact) mass is 252 g/mol. The van der Waals surface area contributed by atoms with Crippen molar-refractivity contribution in [1.29, 1.82) is 0 Å². The molecule has 5 nitrogen and oxygen atoms in total. The third-order valence-corrected chi connectivity index (χ3v) is 2.66. The van der Waals surface area contributed by atoms with E-state index in [2.05, 4.69) is 31.2 Å². The minimum atomic E-state index is -0.107. The highest BCUT2D eigenvalue weighted by Gasteiger charge is 2.17. The van der Waals surface area contributed by atoms with Crippen LogP contribution in [0.15, 0.2) is 6.20 Å². The highest BCUT2D eigenvalue weighted by atomic mass is 16.1. The van der Waals surface area contributed by atoms with Crippen molar-refractivity contribution in [2.45, 2.75) is 40.2 Å². The molecule has 0 radical (unpaired) electrons. The first kappa shape index (κ1) is 14.7. The maximum atomic E-state index is 11.9. The molecular weight excluding hydrogens is 228 g/mol. The van der Waals surface area contributed by atoms with E-state index < -0.39 is 0 Å². The molecule has 0 fully saturated rings. The zero-order valence-corrected chi connectivity index (χ0v) is 11.9.